The van der Waals surface area contributed by atoms with E-state index in [4.69, 9.17) is 0 Å². The molecule has 7 nitrogen and oxygen atoms in total. The Hall–Kier alpha value is -2.57. The lowest BCUT2D eigenvalue weighted by molar-refractivity contribution is -0.147. The predicted molar refractivity (Wildman–Crippen MR) is 89.6 cm³/mol. The van der Waals surface area contributed by atoms with E-state index in [-0.39, 0.29) is 12.5 Å². The molecule has 1 aromatic rings. The van der Waals surface area contributed by atoms with Crippen LogP contribution in [0.25, 0.3) is 0 Å². The second-order valence-corrected chi connectivity index (χ2v) is 6.91. The number of carboxylic acid groups (broad SMARTS) is 1. The van der Waals surface area contributed by atoms with Crippen molar-refractivity contribution in [2.75, 3.05) is 18.4 Å². The van der Waals surface area contributed by atoms with E-state index in [2.05, 4.69) is 10.6 Å². The van der Waals surface area contributed by atoms with Gasteiger partial charge in [0.2, 0.25) is 5.91 Å². The molecule has 1 aromatic carbocycles. The summed E-state index contributed by atoms with van der Waals surface area (Å²) in [4.78, 5) is 37.6. The van der Waals surface area contributed by atoms with Gasteiger partial charge in [-0.25, -0.2) is 4.79 Å². The molecular weight excluding hydrogens is 310 g/mol. The number of likely N-dealkylation sites (tertiary alicyclic amines) is 1. The van der Waals surface area contributed by atoms with Crippen molar-refractivity contribution in [1.82, 2.24) is 10.2 Å². The van der Waals surface area contributed by atoms with Crippen molar-refractivity contribution in [1.29, 1.82) is 0 Å². The van der Waals surface area contributed by atoms with Crippen molar-refractivity contribution in [2.24, 2.45) is 5.41 Å². The third-order valence-electron chi connectivity index (χ3n) is 4.27. The van der Waals surface area contributed by atoms with Crippen molar-refractivity contribution in [2.45, 2.75) is 32.7 Å². The standard InChI is InChI=1S/C17H23N3O4/c1-16(2,19-15(24)18-12-7-5-4-6-8-12)13(21)20-10-9-17(3,11-20)14(22)23/h4-8H,9-11H2,1-3H3,(H,22,23)(H2,18,19,24). The molecule has 1 atom stereocenters. The van der Waals surface area contributed by atoms with Gasteiger partial charge in [-0.05, 0) is 39.3 Å². The topological polar surface area (TPSA) is 98.7 Å². The largest absolute Gasteiger partial charge is 0.481 e. The maximum Gasteiger partial charge on any atom is 0.320 e. The number of benzene rings is 1. The molecule has 1 unspecified atom stereocenters. The highest BCUT2D eigenvalue weighted by Crippen LogP contribution is 2.31. The van der Waals surface area contributed by atoms with Crippen LogP contribution in [0.2, 0.25) is 0 Å². The number of nitrogens with one attached hydrogen (secondary N) is 2. The number of urea groups is 1. The molecule has 1 aliphatic heterocycles. The number of carbonyl (C=O) groups is 3. The zero-order chi connectivity index (χ0) is 18.0. The summed E-state index contributed by atoms with van der Waals surface area (Å²) in [5.41, 5.74) is -1.45. The molecule has 3 N–H and O–H groups in total. The highest BCUT2D eigenvalue weighted by Gasteiger charge is 2.45. The number of amides is 3. The number of carbonyl (C=O) groups excluding carboxylic acids is 2. The zero-order valence-electron chi connectivity index (χ0n) is 14.1. The van der Waals surface area contributed by atoms with Gasteiger partial charge in [-0.15, -0.1) is 0 Å². The molecule has 1 aliphatic rings. The van der Waals surface area contributed by atoms with Crippen LogP contribution in [0, 0.1) is 5.41 Å². The summed E-state index contributed by atoms with van der Waals surface area (Å²) in [5.74, 6) is -1.21. The summed E-state index contributed by atoms with van der Waals surface area (Å²) < 4.78 is 0. The molecule has 7 heteroatoms. The van der Waals surface area contributed by atoms with Gasteiger partial charge in [0.05, 0.1) is 5.41 Å². The maximum atomic E-state index is 12.7. The van der Waals surface area contributed by atoms with Crippen LogP contribution in [0.5, 0.6) is 0 Å². The minimum Gasteiger partial charge on any atom is -0.481 e. The van der Waals surface area contributed by atoms with Crippen LogP contribution in [0.3, 0.4) is 0 Å². The van der Waals surface area contributed by atoms with E-state index in [1.807, 2.05) is 6.07 Å². The fraction of sp³-hybridized carbons (Fsp3) is 0.471. The molecule has 0 aliphatic carbocycles. The van der Waals surface area contributed by atoms with E-state index in [1.54, 1.807) is 45.0 Å². The minimum absolute atomic E-state index is 0.145. The summed E-state index contributed by atoms with van der Waals surface area (Å²) >= 11 is 0. The van der Waals surface area contributed by atoms with Gasteiger partial charge in [-0.1, -0.05) is 18.2 Å². The van der Waals surface area contributed by atoms with Crippen molar-refractivity contribution in [3.05, 3.63) is 30.3 Å². The first kappa shape index (κ1) is 17.8. The third kappa shape index (κ3) is 3.84. The van der Waals surface area contributed by atoms with E-state index < -0.39 is 23.0 Å². The van der Waals surface area contributed by atoms with Gasteiger partial charge in [0.1, 0.15) is 5.54 Å². The molecule has 1 heterocycles. The first-order chi connectivity index (χ1) is 11.1. The Morgan fingerprint density at radius 2 is 1.83 bits per heavy atom. The Morgan fingerprint density at radius 3 is 2.38 bits per heavy atom. The first-order valence-electron chi connectivity index (χ1n) is 7.81. The van der Waals surface area contributed by atoms with Crippen LogP contribution in [0.15, 0.2) is 30.3 Å². The second kappa shape index (κ2) is 6.51. The first-order valence-corrected chi connectivity index (χ1v) is 7.81. The second-order valence-electron chi connectivity index (χ2n) is 6.91. The summed E-state index contributed by atoms with van der Waals surface area (Å²) in [6.07, 6.45) is 0.403. The number of aliphatic carboxylic acids is 1. The summed E-state index contributed by atoms with van der Waals surface area (Å²) in [5, 5.41) is 14.6. The molecule has 0 aromatic heterocycles. The lowest BCUT2D eigenvalue weighted by Gasteiger charge is -2.30. The highest BCUT2D eigenvalue weighted by molar-refractivity contribution is 5.95. The summed E-state index contributed by atoms with van der Waals surface area (Å²) in [6.45, 7) is 5.36. The van der Waals surface area contributed by atoms with Crippen molar-refractivity contribution >= 4 is 23.6 Å². The lowest BCUT2D eigenvalue weighted by Crippen LogP contribution is -2.56. The molecule has 1 saturated heterocycles. The van der Waals surface area contributed by atoms with Gasteiger partial charge in [0.25, 0.3) is 0 Å². The van der Waals surface area contributed by atoms with Gasteiger partial charge in [0.15, 0.2) is 0 Å². The highest BCUT2D eigenvalue weighted by atomic mass is 16.4. The Bertz CT molecular complexity index is 644. The smallest absolute Gasteiger partial charge is 0.320 e. The van der Waals surface area contributed by atoms with Crippen LogP contribution in [0.1, 0.15) is 27.2 Å². The quantitative estimate of drug-likeness (QED) is 0.784. The van der Waals surface area contributed by atoms with Crippen LogP contribution in [-0.4, -0.2) is 46.5 Å². The average molecular weight is 333 g/mol. The van der Waals surface area contributed by atoms with Crippen molar-refractivity contribution in [3.8, 4) is 0 Å². The number of carboxylic acids is 1. The van der Waals surface area contributed by atoms with Crippen LogP contribution < -0.4 is 10.6 Å². The molecular formula is C17H23N3O4. The van der Waals surface area contributed by atoms with Gasteiger partial charge in [0, 0.05) is 18.8 Å². The number of nitrogens with zero attached hydrogens (tertiary/aromatic N) is 1. The van der Waals surface area contributed by atoms with Gasteiger partial charge >= 0.3 is 12.0 Å². The zero-order valence-corrected chi connectivity index (χ0v) is 14.1. The Kier molecular flexibility index (Phi) is 4.82. The van der Waals surface area contributed by atoms with E-state index in [0.717, 1.165) is 0 Å². The fourth-order valence-corrected chi connectivity index (χ4v) is 2.73. The third-order valence-corrected chi connectivity index (χ3v) is 4.27. The Morgan fingerprint density at radius 1 is 1.21 bits per heavy atom. The van der Waals surface area contributed by atoms with Crippen LogP contribution >= 0.6 is 0 Å². The Labute approximate surface area is 141 Å². The lowest BCUT2D eigenvalue weighted by atomic mass is 9.90. The van der Waals surface area contributed by atoms with E-state index in [1.165, 1.54) is 4.90 Å². The van der Waals surface area contributed by atoms with Gasteiger partial charge in [-0.2, -0.15) is 0 Å². The van der Waals surface area contributed by atoms with Crippen molar-refractivity contribution < 1.29 is 19.5 Å². The van der Waals surface area contributed by atoms with Crippen LogP contribution in [0.4, 0.5) is 10.5 Å². The van der Waals surface area contributed by atoms with Gasteiger partial charge in [-0.3, -0.25) is 9.59 Å². The molecule has 3 amide bonds. The number of hydrogen-bond donors (Lipinski definition) is 3. The molecule has 0 bridgehead atoms. The molecule has 0 spiro atoms. The SMILES string of the molecule is CC1(C(=O)O)CCN(C(=O)C(C)(C)NC(=O)Nc2ccccc2)C1. The summed E-state index contributed by atoms with van der Waals surface area (Å²) in [7, 11) is 0. The number of rotatable bonds is 4. The number of hydrogen-bond acceptors (Lipinski definition) is 3. The number of anilines is 1. The predicted octanol–water partition coefficient (Wildman–Crippen LogP) is 1.91. The van der Waals surface area contributed by atoms with Crippen molar-refractivity contribution in [3.63, 3.8) is 0 Å². The Balaban J connectivity index is 1.98. The molecule has 130 valence electrons. The normalized spacial score (nSPS) is 20.5. The maximum absolute atomic E-state index is 12.7. The average Bonchev–Trinajstić information content (AvgIpc) is 2.90. The molecule has 2 rings (SSSR count). The van der Waals surface area contributed by atoms with E-state index >= 15 is 0 Å². The molecule has 1 fully saturated rings. The summed E-state index contributed by atoms with van der Waals surface area (Å²) in [6, 6.07) is 8.43. The van der Waals surface area contributed by atoms with Gasteiger partial charge < -0.3 is 20.6 Å². The number of para-hydroxylation sites is 1. The van der Waals surface area contributed by atoms with Crippen LogP contribution in [-0.2, 0) is 9.59 Å². The molecule has 0 saturated carbocycles. The monoisotopic (exact) mass is 333 g/mol. The fourth-order valence-electron chi connectivity index (χ4n) is 2.73. The van der Waals surface area contributed by atoms with E-state index in [0.29, 0.717) is 18.7 Å². The minimum atomic E-state index is -1.14. The molecule has 24 heavy (non-hydrogen) atoms. The molecule has 0 radical (unpaired) electrons. The van der Waals surface area contributed by atoms with E-state index in [9.17, 15) is 19.5 Å².